The highest BCUT2D eigenvalue weighted by Gasteiger charge is 2.24. The van der Waals surface area contributed by atoms with Crippen molar-refractivity contribution in [3.63, 3.8) is 0 Å². The quantitative estimate of drug-likeness (QED) is 0.465. The second-order valence-corrected chi connectivity index (χ2v) is 5.62. The fourth-order valence-corrected chi connectivity index (χ4v) is 2.72. The Morgan fingerprint density at radius 3 is 2.29 bits per heavy atom. The molecule has 0 aliphatic carbocycles. The fraction of sp³-hybridized carbons (Fsp3) is 0. The lowest BCUT2D eigenvalue weighted by Crippen LogP contribution is -2.03. The predicted octanol–water partition coefficient (Wildman–Crippen LogP) is 2.70. The van der Waals surface area contributed by atoms with Crippen molar-refractivity contribution in [3.8, 4) is 45.6 Å². The standard InChI is InChI=1S/C18H10N8O2/c1-2-7-19-11(4-1)16-15(14-10-28-26-24-14)17(12-6-9-27-25-12)22-18(21-16)13-5-3-8-20-23-13/h1-10H. The molecule has 0 radical (unpaired) electrons. The van der Waals surface area contributed by atoms with Gasteiger partial charge in [0.05, 0.1) is 11.3 Å². The summed E-state index contributed by atoms with van der Waals surface area (Å²) in [6, 6.07) is 10.8. The Morgan fingerprint density at radius 2 is 1.61 bits per heavy atom. The summed E-state index contributed by atoms with van der Waals surface area (Å²) < 4.78 is 9.96. The minimum Gasteiger partial charge on any atom is -0.364 e. The summed E-state index contributed by atoms with van der Waals surface area (Å²) in [6.45, 7) is 0. The molecule has 0 aliphatic heterocycles. The first-order valence-electron chi connectivity index (χ1n) is 8.20. The molecule has 0 spiro atoms. The molecule has 5 aromatic heterocycles. The van der Waals surface area contributed by atoms with E-state index in [0.717, 1.165) is 0 Å². The van der Waals surface area contributed by atoms with E-state index in [1.807, 2.05) is 18.2 Å². The molecule has 0 saturated heterocycles. The first kappa shape index (κ1) is 15.9. The van der Waals surface area contributed by atoms with Crippen molar-refractivity contribution in [1.29, 1.82) is 0 Å². The maximum atomic E-state index is 5.02. The minimum atomic E-state index is 0.368. The van der Waals surface area contributed by atoms with Crippen molar-refractivity contribution in [2.24, 2.45) is 0 Å². The molecule has 28 heavy (non-hydrogen) atoms. The minimum absolute atomic E-state index is 0.368. The molecule has 5 rings (SSSR count). The third kappa shape index (κ3) is 2.78. The first-order valence-corrected chi connectivity index (χ1v) is 8.20. The zero-order valence-electron chi connectivity index (χ0n) is 14.2. The Kier molecular flexibility index (Phi) is 3.83. The van der Waals surface area contributed by atoms with Crippen LogP contribution in [0.1, 0.15) is 0 Å². The SMILES string of the molecule is c1ccc(-c2nc(-c3cccnn3)nc(-c3ccon3)c2-c2conn2)nc1. The Hall–Kier alpha value is -4.34. The van der Waals surface area contributed by atoms with E-state index in [1.165, 1.54) is 12.5 Å². The third-order valence-corrected chi connectivity index (χ3v) is 3.91. The summed E-state index contributed by atoms with van der Waals surface area (Å²) in [5, 5.41) is 19.7. The topological polar surface area (TPSA) is 129 Å². The van der Waals surface area contributed by atoms with Crippen LogP contribution in [0.15, 0.2) is 70.4 Å². The molecule has 5 aromatic rings. The van der Waals surface area contributed by atoms with Crippen LogP contribution in [0.5, 0.6) is 0 Å². The zero-order valence-corrected chi connectivity index (χ0v) is 14.2. The lowest BCUT2D eigenvalue weighted by Gasteiger charge is -2.11. The molecule has 0 N–H and O–H groups in total. The second kappa shape index (κ2) is 6.76. The number of hydrogen-bond acceptors (Lipinski definition) is 10. The predicted molar refractivity (Wildman–Crippen MR) is 95.1 cm³/mol. The molecule has 0 atom stereocenters. The highest BCUT2D eigenvalue weighted by Crippen LogP contribution is 2.37. The van der Waals surface area contributed by atoms with E-state index in [-0.39, 0.29) is 0 Å². The summed E-state index contributed by atoms with van der Waals surface area (Å²) in [5.74, 6) is 0.368. The Labute approximate surface area is 157 Å². The zero-order chi connectivity index (χ0) is 18.8. The Morgan fingerprint density at radius 1 is 0.714 bits per heavy atom. The lowest BCUT2D eigenvalue weighted by molar-refractivity contribution is 0.393. The van der Waals surface area contributed by atoms with Crippen LogP contribution in [0, 0.1) is 0 Å². The maximum absolute atomic E-state index is 5.02. The van der Waals surface area contributed by atoms with Gasteiger partial charge in [0.15, 0.2) is 12.1 Å². The molecule has 0 fully saturated rings. The number of rotatable bonds is 4. The van der Waals surface area contributed by atoms with Gasteiger partial charge in [-0.05, 0) is 24.3 Å². The molecule has 0 aromatic carbocycles. The van der Waals surface area contributed by atoms with E-state index in [9.17, 15) is 0 Å². The van der Waals surface area contributed by atoms with E-state index >= 15 is 0 Å². The molecule has 134 valence electrons. The summed E-state index contributed by atoms with van der Waals surface area (Å²) in [5.41, 5.74) is 3.67. The van der Waals surface area contributed by atoms with Crippen LogP contribution in [0.3, 0.4) is 0 Å². The van der Waals surface area contributed by atoms with Crippen LogP contribution in [-0.2, 0) is 0 Å². The molecule has 5 heterocycles. The van der Waals surface area contributed by atoms with Crippen LogP contribution in [0.25, 0.3) is 45.6 Å². The molecule has 0 aliphatic rings. The fourth-order valence-electron chi connectivity index (χ4n) is 2.72. The van der Waals surface area contributed by atoms with Crippen molar-refractivity contribution < 1.29 is 9.05 Å². The van der Waals surface area contributed by atoms with Gasteiger partial charge in [0, 0.05) is 23.7 Å². The van der Waals surface area contributed by atoms with Gasteiger partial charge >= 0.3 is 0 Å². The van der Waals surface area contributed by atoms with Gasteiger partial charge in [0.2, 0.25) is 0 Å². The molecule has 0 unspecified atom stereocenters. The number of hydrogen-bond donors (Lipinski definition) is 0. The number of nitrogens with zero attached hydrogens (tertiary/aromatic N) is 8. The summed E-state index contributed by atoms with van der Waals surface area (Å²) in [7, 11) is 0. The van der Waals surface area contributed by atoms with Gasteiger partial charge in [0.1, 0.15) is 34.7 Å². The molecular formula is C18H10N8O2. The molecule has 10 nitrogen and oxygen atoms in total. The van der Waals surface area contributed by atoms with Crippen molar-refractivity contribution in [2.45, 2.75) is 0 Å². The van der Waals surface area contributed by atoms with E-state index in [2.05, 4.69) is 35.7 Å². The highest BCUT2D eigenvalue weighted by molar-refractivity contribution is 5.88. The van der Waals surface area contributed by atoms with Crippen LogP contribution in [0.4, 0.5) is 0 Å². The molecule has 10 heteroatoms. The molecule has 0 amide bonds. The highest BCUT2D eigenvalue weighted by atomic mass is 16.5. The third-order valence-electron chi connectivity index (χ3n) is 3.91. The summed E-state index contributed by atoms with van der Waals surface area (Å²) in [4.78, 5) is 13.8. The van der Waals surface area contributed by atoms with Crippen LogP contribution in [0.2, 0.25) is 0 Å². The first-order chi connectivity index (χ1) is 13.9. The Balaban J connectivity index is 1.86. The Bertz CT molecular complexity index is 1190. The van der Waals surface area contributed by atoms with Crippen molar-refractivity contribution in [3.05, 3.63) is 61.3 Å². The number of aromatic nitrogens is 8. The average Bonchev–Trinajstić information content (AvgIpc) is 3.48. The summed E-state index contributed by atoms with van der Waals surface area (Å²) in [6.07, 6.45) is 6.14. The van der Waals surface area contributed by atoms with Crippen molar-refractivity contribution >= 4 is 0 Å². The average molecular weight is 370 g/mol. The van der Waals surface area contributed by atoms with Crippen LogP contribution >= 0.6 is 0 Å². The van der Waals surface area contributed by atoms with Gasteiger partial charge in [-0.15, -0.1) is 10.2 Å². The van der Waals surface area contributed by atoms with E-state index in [1.54, 1.807) is 30.6 Å². The smallest absolute Gasteiger partial charge is 0.181 e. The van der Waals surface area contributed by atoms with Gasteiger partial charge in [-0.3, -0.25) is 4.98 Å². The van der Waals surface area contributed by atoms with E-state index in [0.29, 0.717) is 45.6 Å². The molecular weight excluding hydrogens is 360 g/mol. The van der Waals surface area contributed by atoms with Gasteiger partial charge in [-0.2, -0.15) is 5.10 Å². The van der Waals surface area contributed by atoms with Crippen LogP contribution in [-0.4, -0.2) is 40.7 Å². The van der Waals surface area contributed by atoms with Gasteiger partial charge in [0.25, 0.3) is 0 Å². The van der Waals surface area contributed by atoms with Crippen molar-refractivity contribution in [2.75, 3.05) is 0 Å². The monoisotopic (exact) mass is 370 g/mol. The van der Waals surface area contributed by atoms with E-state index < -0.39 is 0 Å². The van der Waals surface area contributed by atoms with Crippen LogP contribution < -0.4 is 0 Å². The largest absolute Gasteiger partial charge is 0.364 e. The summed E-state index contributed by atoms with van der Waals surface area (Å²) >= 11 is 0. The van der Waals surface area contributed by atoms with Gasteiger partial charge in [-0.25, -0.2) is 9.97 Å². The molecule has 0 saturated carbocycles. The van der Waals surface area contributed by atoms with Gasteiger partial charge in [-0.1, -0.05) is 11.2 Å². The normalized spacial score (nSPS) is 10.9. The second-order valence-electron chi connectivity index (χ2n) is 5.62. The maximum Gasteiger partial charge on any atom is 0.181 e. The van der Waals surface area contributed by atoms with Crippen molar-refractivity contribution in [1.82, 2.24) is 40.7 Å². The number of pyridine rings is 1. The lowest BCUT2D eigenvalue weighted by atomic mass is 10.0. The van der Waals surface area contributed by atoms with Gasteiger partial charge < -0.3 is 9.05 Å². The molecule has 0 bridgehead atoms. The van der Waals surface area contributed by atoms with E-state index in [4.69, 9.17) is 14.0 Å².